The molecule has 0 saturated heterocycles. The minimum atomic E-state index is -0.312. The first-order chi connectivity index (χ1) is 9.11. The zero-order valence-electron chi connectivity index (χ0n) is 10.7. The highest BCUT2D eigenvalue weighted by atomic mass is 16.2. The third-order valence-corrected chi connectivity index (χ3v) is 2.79. The van der Waals surface area contributed by atoms with E-state index in [1.165, 1.54) is 21.4 Å². The Labute approximate surface area is 110 Å². The molecular weight excluding hydrogens is 244 g/mol. The number of pyridine rings is 1. The summed E-state index contributed by atoms with van der Waals surface area (Å²) in [5.41, 5.74) is 5.75. The summed E-state index contributed by atoms with van der Waals surface area (Å²) in [5, 5.41) is 0. The number of aryl methyl sites for hydroxylation is 1. The minimum absolute atomic E-state index is 0.203. The molecule has 0 atom stereocenters. The van der Waals surface area contributed by atoms with Gasteiger partial charge in [0.05, 0.1) is 6.54 Å². The van der Waals surface area contributed by atoms with Crippen LogP contribution in [0, 0.1) is 0 Å². The molecule has 0 radical (unpaired) electrons. The maximum absolute atomic E-state index is 12.1. The maximum Gasteiger partial charge on any atom is 0.331 e. The molecule has 6 nitrogen and oxygen atoms in total. The van der Waals surface area contributed by atoms with Gasteiger partial charge >= 0.3 is 5.69 Å². The van der Waals surface area contributed by atoms with Crippen molar-refractivity contribution in [2.45, 2.75) is 26.4 Å². The lowest BCUT2D eigenvalue weighted by atomic mass is 10.2. The van der Waals surface area contributed by atoms with Gasteiger partial charge in [0.1, 0.15) is 5.82 Å². The molecule has 2 N–H and O–H groups in total. The van der Waals surface area contributed by atoms with E-state index in [1.54, 1.807) is 18.3 Å². The van der Waals surface area contributed by atoms with Gasteiger partial charge in [-0.2, -0.15) is 0 Å². The molecule has 0 amide bonds. The van der Waals surface area contributed by atoms with Gasteiger partial charge in [-0.15, -0.1) is 0 Å². The topological polar surface area (TPSA) is 82.9 Å². The van der Waals surface area contributed by atoms with E-state index < -0.39 is 0 Å². The van der Waals surface area contributed by atoms with Gasteiger partial charge in [-0.05, 0) is 24.1 Å². The largest absolute Gasteiger partial charge is 0.384 e. The smallest absolute Gasteiger partial charge is 0.331 e. The summed E-state index contributed by atoms with van der Waals surface area (Å²) >= 11 is 0. The third kappa shape index (κ3) is 2.90. The zero-order valence-corrected chi connectivity index (χ0v) is 10.7. The van der Waals surface area contributed by atoms with E-state index >= 15 is 0 Å². The molecule has 2 heterocycles. The van der Waals surface area contributed by atoms with Gasteiger partial charge in [0.2, 0.25) is 0 Å². The molecule has 0 unspecified atom stereocenters. The Kier molecular flexibility index (Phi) is 3.79. The zero-order chi connectivity index (χ0) is 13.8. The SMILES string of the molecule is CCCn1ccc(=O)n(Cc2ccnc(N)c2)c1=O. The second kappa shape index (κ2) is 5.51. The lowest BCUT2D eigenvalue weighted by molar-refractivity contribution is 0.570. The maximum atomic E-state index is 12.1. The summed E-state index contributed by atoms with van der Waals surface area (Å²) in [6.07, 6.45) is 3.93. The van der Waals surface area contributed by atoms with E-state index in [4.69, 9.17) is 5.73 Å². The van der Waals surface area contributed by atoms with Crippen LogP contribution in [0.4, 0.5) is 5.82 Å². The van der Waals surface area contributed by atoms with E-state index in [-0.39, 0.29) is 17.8 Å². The molecule has 2 rings (SSSR count). The molecule has 6 heteroatoms. The monoisotopic (exact) mass is 260 g/mol. The van der Waals surface area contributed by atoms with Crippen LogP contribution in [0.1, 0.15) is 18.9 Å². The Balaban J connectivity index is 2.42. The number of rotatable bonds is 4. The Morgan fingerprint density at radius 1 is 1.32 bits per heavy atom. The highest BCUT2D eigenvalue weighted by Crippen LogP contribution is 2.03. The van der Waals surface area contributed by atoms with Gasteiger partial charge in [0.25, 0.3) is 5.56 Å². The van der Waals surface area contributed by atoms with E-state index in [0.29, 0.717) is 12.4 Å². The van der Waals surface area contributed by atoms with Crippen LogP contribution in [-0.2, 0) is 13.1 Å². The fourth-order valence-electron chi connectivity index (χ4n) is 1.89. The van der Waals surface area contributed by atoms with Gasteiger partial charge in [-0.3, -0.25) is 9.36 Å². The number of anilines is 1. The molecule has 0 bridgehead atoms. The first-order valence-corrected chi connectivity index (χ1v) is 6.12. The molecule has 0 aliphatic heterocycles. The molecule has 0 spiro atoms. The quantitative estimate of drug-likeness (QED) is 0.865. The molecular formula is C13H16N4O2. The second-order valence-electron chi connectivity index (χ2n) is 4.31. The van der Waals surface area contributed by atoms with E-state index in [2.05, 4.69) is 4.98 Å². The molecule has 0 aliphatic carbocycles. The van der Waals surface area contributed by atoms with Crippen LogP contribution >= 0.6 is 0 Å². The number of nitrogens with two attached hydrogens (primary N) is 1. The molecule has 0 aromatic carbocycles. The summed E-state index contributed by atoms with van der Waals surface area (Å²) in [6.45, 7) is 2.78. The van der Waals surface area contributed by atoms with Crippen LogP contribution < -0.4 is 17.0 Å². The number of hydrogen-bond acceptors (Lipinski definition) is 4. The van der Waals surface area contributed by atoms with Crippen LogP contribution in [0.25, 0.3) is 0 Å². The Hall–Kier alpha value is -2.37. The van der Waals surface area contributed by atoms with Crippen LogP contribution in [0.15, 0.2) is 40.2 Å². The number of hydrogen-bond donors (Lipinski definition) is 1. The van der Waals surface area contributed by atoms with Crippen molar-refractivity contribution in [3.8, 4) is 0 Å². The normalized spacial score (nSPS) is 10.6. The standard InChI is InChI=1S/C13H16N4O2/c1-2-6-16-7-4-12(18)17(13(16)19)9-10-3-5-15-11(14)8-10/h3-5,7-8H,2,6,9H2,1H3,(H2,14,15). The van der Waals surface area contributed by atoms with Crippen molar-refractivity contribution < 1.29 is 0 Å². The summed E-state index contributed by atoms with van der Waals surface area (Å²) in [7, 11) is 0. The number of nitrogen functional groups attached to an aromatic ring is 1. The van der Waals surface area contributed by atoms with Gasteiger partial charge in [-0.25, -0.2) is 9.78 Å². The van der Waals surface area contributed by atoms with Gasteiger partial charge in [0.15, 0.2) is 0 Å². The molecule has 0 aliphatic rings. The van der Waals surface area contributed by atoms with Crippen molar-refractivity contribution in [3.05, 3.63) is 57.0 Å². The number of nitrogens with zero attached hydrogens (tertiary/aromatic N) is 3. The Bertz CT molecular complexity index is 688. The van der Waals surface area contributed by atoms with Crippen molar-refractivity contribution in [2.75, 3.05) is 5.73 Å². The summed E-state index contributed by atoms with van der Waals surface area (Å²) in [6, 6.07) is 4.80. The Morgan fingerprint density at radius 3 is 2.79 bits per heavy atom. The molecule has 100 valence electrons. The molecule has 0 saturated carbocycles. The van der Waals surface area contributed by atoms with Gasteiger partial charge in [0, 0.05) is 25.0 Å². The average Bonchev–Trinajstić information content (AvgIpc) is 2.38. The average molecular weight is 260 g/mol. The van der Waals surface area contributed by atoms with Crippen molar-refractivity contribution in [3.63, 3.8) is 0 Å². The second-order valence-corrected chi connectivity index (χ2v) is 4.31. The highest BCUT2D eigenvalue weighted by molar-refractivity contribution is 5.31. The third-order valence-electron chi connectivity index (χ3n) is 2.79. The lowest BCUT2D eigenvalue weighted by Gasteiger charge is -2.09. The molecule has 0 fully saturated rings. The van der Waals surface area contributed by atoms with E-state index in [9.17, 15) is 9.59 Å². The lowest BCUT2D eigenvalue weighted by Crippen LogP contribution is -2.39. The first kappa shape index (κ1) is 13.1. The predicted molar refractivity (Wildman–Crippen MR) is 73.0 cm³/mol. The summed E-state index contributed by atoms with van der Waals surface area (Å²) in [4.78, 5) is 27.8. The van der Waals surface area contributed by atoms with Crippen LogP contribution in [0.3, 0.4) is 0 Å². The fraction of sp³-hybridized carbons (Fsp3) is 0.308. The summed E-state index contributed by atoms with van der Waals surface area (Å²) in [5.74, 6) is 0.371. The van der Waals surface area contributed by atoms with Gasteiger partial charge < -0.3 is 10.3 Å². The van der Waals surface area contributed by atoms with Gasteiger partial charge in [-0.1, -0.05) is 6.92 Å². The molecule has 19 heavy (non-hydrogen) atoms. The van der Waals surface area contributed by atoms with Crippen molar-refractivity contribution in [1.29, 1.82) is 0 Å². The van der Waals surface area contributed by atoms with E-state index in [1.807, 2.05) is 6.92 Å². The molecule has 2 aromatic heterocycles. The highest BCUT2D eigenvalue weighted by Gasteiger charge is 2.06. The number of aromatic nitrogens is 3. The van der Waals surface area contributed by atoms with Crippen molar-refractivity contribution in [1.82, 2.24) is 14.1 Å². The van der Waals surface area contributed by atoms with Crippen molar-refractivity contribution >= 4 is 5.82 Å². The predicted octanol–water partition coefficient (Wildman–Crippen LogP) is 0.445. The van der Waals surface area contributed by atoms with Crippen LogP contribution in [-0.4, -0.2) is 14.1 Å². The van der Waals surface area contributed by atoms with Crippen molar-refractivity contribution in [2.24, 2.45) is 0 Å². The minimum Gasteiger partial charge on any atom is -0.384 e. The van der Waals surface area contributed by atoms with Crippen LogP contribution in [0.5, 0.6) is 0 Å². The molecule has 2 aromatic rings. The summed E-state index contributed by atoms with van der Waals surface area (Å²) < 4.78 is 2.73. The van der Waals surface area contributed by atoms with E-state index in [0.717, 1.165) is 12.0 Å². The first-order valence-electron chi connectivity index (χ1n) is 6.12. The fourth-order valence-corrected chi connectivity index (χ4v) is 1.89. The van der Waals surface area contributed by atoms with Crippen LogP contribution in [0.2, 0.25) is 0 Å². The Morgan fingerprint density at radius 2 is 2.11 bits per heavy atom.